The monoisotopic (exact) mass is 287 g/mol. The molecule has 0 spiro atoms. The highest BCUT2D eigenvalue weighted by Gasteiger charge is 2.13. The smallest absolute Gasteiger partial charge is 0.0929 e. The highest BCUT2D eigenvalue weighted by Crippen LogP contribution is 2.25. The molecule has 3 nitrogen and oxygen atoms in total. The lowest BCUT2D eigenvalue weighted by molar-refractivity contribution is 0.0651. The fourth-order valence-corrected chi connectivity index (χ4v) is 2.75. The lowest BCUT2D eigenvalue weighted by Crippen LogP contribution is -2.21. The number of aromatic nitrogens is 2. The molecule has 4 heteroatoms. The highest BCUT2D eigenvalue weighted by molar-refractivity contribution is 7.08. The first-order valence-electron chi connectivity index (χ1n) is 7.15. The Morgan fingerprint density at radius 3 is 2.95 bits per heavy atom. The van der Waals surface area contributed by atoms with Gasteiger partial charge in [0.25, 0.3) is 0 Å². The number of rotatable bonds is 4. The summed E-state index contributed by atoms with van der Waals surface area (Å²) in [4.78, 5) is 0. The summed E-state index contributed by atoms with van der Waals surface area (Å²) < 4.78 is 10.0. The number of hydrogen-bond acceptors (Lipinski definition) is 3. The van der Waals surface area contributed by atoms with E-state index in [1.165, 1.54) is 0 Å². The van der Waals surface area contributed by atoms with Gasteiger partial charge in [0.2, 0.25) is 0 Å². The summed E-state index contributed by atoms with van der Waals surface area (Å²) in [6.07, 6.45) is 2.59. The molecule has 1 aromatic carbocycles. The second-order valence-electron chi connectivity index (χ2n) is 5.65. The molecule has 0 radical (unpaired) electrons. The van der Waals surface area contributed by atoms with Crippen LogP contribution < -0.4 is 0 Å². The minimum Gasteiger partial charge on any atom is -0.390 e. The summed E-state index contributed by atoms with van der Waals surface area (Å²) in [5.74, 6) is 0. The van der Waals surface area contributed by atoms with Crippen molar-refractivity contribution in [1.29, 1.82) is 0 Å². The molecule has 104 valence electrons. The van der Waals surface area contributed by atoms with Gasteiger partial charge in [-0.2, -0.15) is 16.4 Å². The Hall–Kier alpha value is -1.65. The van der Waals surface area contributed by atoms with Gasteiger partial charge in [-0.05, 0) is 54.3 Å². The summed E-state index contributed by atoms with van der Waals surface area (Å²) >= 11 is 1.63. The zero-order chi connectivity index (χ0) is 15.0. The van der Waals surface area contributed by atoms with Crippen LogP contribution in [0.2, 0.25) is 0 Å². The number of hydrogen-bond donors (Lipinski definition) is 1. The molecule has 20 heavy (non-hydrogen) atoms. The third-order valence-corrected chi connectivity index (χ3v) is 3.95. The van der Waals surface area contributed by atoms with Crippen molar-refractivity contribution in [2.24, 2.45) is 0 Å². The van der Waals surface area contributed by atoms with Crippen LogP contribution in [-0.4, -0.2) is 20.5 Å². The van der Waals surface area contributed by atoms with E-state index in [0.29, 0.717) is 19.0 Å². The molecule has 0 unspecified atom stereocenters. The van der Waals surface area contributed by atoms with Crippen LogP contribution in [0.4, 0.5) is 0 Å². The molecule has 0 fully saturated rings. The number of aryl methyl sites for hydroxylation is 1. The van der Waals surface area contributed by atoms with Crippen LogP contribution in [0.1, 0.15) is 21.6 Å². The largest absolute Gasteiger partial charge is 0.390 e. The Bertz CT molecular complexity index is 757. The van der Waals surface area contributed by atoms with E-state index in [-0.39, 0.29) is 0 Å². The van der Waals surface area contributed by atoms with E-state index in [9.17, 15) is 5.11 Å². The molecule has 2 heterocycles. The van der Waals surface area contributed by atoms with E-state index >= 15 is 0 Å². The van der Waals surface area contributed by atoms with Crippen LogP contribution in [0, 0.1) is 0 Å². The normalized spacial score (nSPS) is 12.8. The molecule has 0 atom stereocenters. The first kappa shape index (κ1) is 12.1. The average molecular weight is 287 g/mol. The Labute approximate surface area is 123 Å². The van der Waals surface area contributed by atoms with Gasteiger partial charge in [0, 0.05) is 18.1 Å². The van der Waals surface area contributed by atoms with E-state index in [4.69, 9.17) is 1.37 Å². The molecule has 2 aromatic heterocycles. The van der Waals surface area contributed by atoms with Crippen molar-refractivity contribution in [2.75, 3.05) is 0 Å². The fraction of sp³-hybridized carbons (Fsp3) is 0.312. The van der Waals surface area contributed by atoms with E-state index in [1.807, 2.05) is 39.8 Å². The lowest BCUT2D eigenvalue weighted by Gasteiger charge is -2.16. The zero-order valence-electron chi connectivity index (χ0n) is 12.6. The third kappa shape index (κ3) is 2.92. The van der Waals surface area contributed by atoms with E-state index in [1.54, 1.807) is 25.2 Å². The standard InChI is InChI=1S/C16H18N2OS/c1-16(2,19)6-7-18-10-13-4-3-12(9-15(13)17-18)14-5-8-20-11-14/h3-5,8-11,19H,6-7H2,1-2H3/i3D. The van der Waals surface area contributed by atoms with Gasteiger partial charge in [-0.15, -0.1) is 0 Å². The maximum Gasteiger partial charge on any atom is 0.0929 e. The van der Waals surface area contributed by atoms with Crippen molar-refractivity contribution in [3.63, 3.8) is 0 Å². The molecule has 0 aliphatic carbocycles. The molecule has 0 aliphatic heterocycles. The predicted molar refractivity (Wildman–Crippen MR) is 84.0 cm³/mol. The average Bonchev–Trinajstić information content (AvgIpc) is 3.02. The molecule has 3 rings (SSSR count). The summed E-state index contributed by atoms with van der Waals surface area (Å²) in [5.41, 5.74) is 2.18. The maximum atomic E-state index is 9.80. The second-order valence-corrected chi connectivity index (χ2v) is 6.43. The molecule has 0 bridgehead atoms. The second kappa shape index (κ2) is 5.04. The van der Waals surface area contributed by atoms with E-state index < -0.39 is 5.60 Å². The first-order valence-corrected chi connectivity index (χ1v) is 7.59. The fourth-order valence-electron chi connectivity index (χ4n) is 2.10. The Balaban J connectivity index is 1.95. The van der Waals surface area contributed by atoms with Gasteiger partial charge in [-0.25, -0.2) is 0 Å². The van der Waals surface area contributed by atoms with Crippen molar-refractivity contribution < 1.29 is 6.48 Å². The summed E-state index contributed by atoms with van der Waals surface area (Å²) in [6.45, 7) is 4.26. The Kier molecular flexibility index (Phi) is 3.05. The van der Waals surface area contributed by atoms with Crippen molar-refractivity contribution >= 4 is 22.2 Å². The van der Waals surface area contributed by atoms with Gasteiger partial charge in [0.1, 0.15) is 0 Å². The van der Waals surface area contributed by atoms with Gasteiger partial charge in [-0.3, -0.25) is 4.68 Å². The van der Waals surface area contributed by atoms with Gasteiger partial charge >= 0.3 is 0 Å². The minimum atomic E-state index is -0.694. The van der Waals surface area contributed by atoms with E-state index in [0.717, 1.165) is 22.0 Å². The summed E-state index contributed by atoms with van der Waals surface area (Å²) in [6, 6.07) is 6.37. The molecule has 0 amide bonds. The third-order valence-electron chi connectivity index (χ3n) is 3.27. The first-order chi connectivity index (χ1) is 9.92. The summed E-state index contributed by atoms with van der Waals surface area (Å²) in [5, 5.41) is 19.4. The van der Waals surface area contributed by atoms with Gasteiger partial charge in [0.15, 0.2) is 0 Å². The van der Waals surface area contributed by atoms with Crippen molar-refractivity contribution in [3.8, 4) is 11.1 Å². The van der Waals surface area contributed by atoms with Crippen molar-refractivity contribution in [2.45, 2.75) is 32.4 Å². The lowest BCUT2D eigenvalue weighted by atomic mass is 10.1. The molecule has 0 aliphatic rings. The SMILES string of the molecule is [2H]c1cc2cn(CCC(C)(C)O)nc2cc1-c1ccsc1. The van der Waals surface area contributed by atoms with Crippen LogP contribution in [0.25, 0.3) is 22.0 Å². The topological polar surface area (TPSA) is 38.0 Å². The maximum absolute atomic E-state index is 9.80. The summed E-state index contributed by atoms with van der Waals surface area (Å²) in [7, 11) is 0. The predicted octanol–water partition coefficient (Wildman–Crippen LogP) is 3.93. The highest BCUT2D eigenvalue weighted by atomic mass is 32.1. The van der Waals surface area contributed by atoms with Gasteiger partial charge in [-0.1, -0.05) is 12.1 Å². The van der Waals surface area contributed by atoms with Crippen LogP contribution >= 0.6 is 11.3 Å². The number of fused-ring (bicyclic) bond motifs is 1. The quantitative estimate of drug-likeness (QED) is 0.789. The Morgan fingerprint density at radius 2 is 2.25 bits per heavy atom. The van der Waals surface area contributed by atoms with Crippen LogP contribution in [0.3, 0.4) is 0 Å². The number of aliphatic hydroxyl groups is 1. The Morgan fingerprint density at radius 1 is 1.40 bits per heavy atom. The van der Waals surface area contributed by atoms with Crippen molar-refractivity contribution in [1.82, 2.24) is 9.78 Å². The van der Waals surface area contributed by atoms with Crippen LogP contribution in [-0.2, 0) is 6.54 Å². The molecular weight excluding hydrogens is 268 g/mol. The van der Waals surface area contributed by atoms with Crippen molar-refractivity contribution in [3.05, 3.63) is 41.2 Å². The molecule has 0 saturated carbocycles. The van der Waals surface area contributed by atoms with Crippen LogP contribution in [0.5, 0.6) is 0 Å². The van der Waals surface area contributed by atoms with Gasteiger partial charge in [0.05, 0.1) is 12.5 Å². The number of nitrogens with zero attached hydrogens (tertiary/aromatic N) is 2. The number of benzene rings is 1. The molecular formula is C16H18N2OS. The minimum absolute atomic E-state index is 0.517. The molecule has 3 aromatic rings. The zero-order valence-corrected chi connectivity index (χ0v) is 12.4. The molecule has 0 saturated heterocycles. The van der Waals surface area contributed by atoms with Gasteiger partial charge < -0.3 is 5.11 Å². The van der Waals surface area contributed by atoms with E-state index in [2.05, 4.69) is 5.10 Å². The molecule has 1 N–H and O–H groups in total. The van der Waals surface area contributed by atoms with Crippen LogP contribution in [0.15, 0.2) is 41.2 Å². The number of thiophene rings is 1.